The van der Waals surface area contributed by atoms with Crippen LogP contribution in [0.2, 0.25) is 0 Å². The van der Waals surface area contributed by atoms with Gasteiger partial charge in [-0.2, -0.15) is 5.10 Å². The fourth-order valence-electron chi connectivity index (χ4n) is 3.01. The van der Waals surface area contributed by atoms with Crippen molar-refractivity contribution in [3.8, 4) is 11.5 Å². The predicted molar refractivity (Wildman–Crippen MR) is 123 cm³/mol. The minimum absolute atomic E-state index is 0.214. The van der Waals surface area contributed by atoms with Gasteiger partial charge in [0.15, 0.2) is 11.5 Å². The first kappa shape index (κ1) is 22.1. The van der Waals surface area contributed by atoms with Gasteiger partial charge in [0, 0.05) is 11.8 Å². The Balaban J connectivity index is 1.72. The monoisotopic (exact) mass is 420 g/mol. The summed E-state index contributed by atoms with van der Waals surface area (Å²) in [6, 6.07) is 13.4. The van der Waals surface area contributed by atoms with Crippen molar-refractivity contribution in [3.63, 3.8) is 0 Å². The van der Waals surface area contributed by atoms with Crippen LogP contribution in [-0.2, 0) is 13.0 Å². The second-order valence-corrected chi connectivity index (χ2v) is 7.17. The molecule has 7 nitrogen and oxygen atoms in total. The number of ether oxygens (including phenoxy) is 2. The highest BCUT2D eigenvalue weighted by Gasteiger charge is 2.08. The molecule has 162 valence electrons. The maximum absolute atomic E-state index is 11.6. The van der Waals surface area contributed by atoms with Crippen LogP contribution >= 0.6 is 0 Å². The molecule has 0 saturated carbocycles. The Bertz CT molecular complexity index is 1120. The Morgan fingerprint density at radius 3 is 2.68 bits per heavy atom. The first-order chi connectivity index (χ1) is 15.0. The lowest BCUT2D eigenvalue weighted by Crippen LogP contribution is -2.11. The number of anilines is 1. The van der Waals surface area contributed by atoms with Crippen molar-refractivity contribution >= 4 is 12.2 Å². The average Bonchev–Trinajstić information content (AvgIpc) is 2.75. The minimum Gasteiger partial charge on any atom is -0.490 e. The van der Waals surface area contributed by atoms with E-state index < -0.39 is 0 Å². The van der Waals surface area contributed by atoms with Gasteiger partial charge in [0.1, 0.15) is 6.61 Å². The molecule has 3 aromatic rings. The lowest BCUT2D eigenvalue weighted by molar-refractivity contribution is 0.269. The van der Waals surface area contributed by atoms with Crippen molar-refractivity contribution in [1.29, 1.82) is 0 Å². The Kier molecular flexibility index (Phi) is 7.43. The molecule has 3 rings (SSSR count). The van der Waals surface area contributed by atoms with Gasteiger partial charge in [0.25, 0.3) is 5.56 Å². The lowest BCUT2D eigenvalue weighted by Gasteiger charge is -2.14. The largest absolute Gasteiger partial charge is 0.490 e. The summed E-state index contributed by atoms with van der Waals surface area (Å²) < 4.78 is 11.8. The van der Waals surface area contributed by atoms with E-state index in [4.69, 9.17) is 9.47 Å². The quantitative estimate of drug-likeness (QED) is 0.396. The molecule has 0 spiro atoms. The van der Waals surface area contributed by atoms with E-state index in [2.05, 4.69) is 52.5 Å². The highest BCUT2D eigenvalue weighted by atomic mass is 16.5. The highest BCUT2D eigenvalue weighted by Crippen LogP contribution is 2.29. The van der Waals surface area contributed by atoms with E-state index in [0.717, 1.165) is 11.1 Å². The summed E-state index contributed by atoms with van der Waals surface area (Å²) in [5.74, 6) is 1.63. The summed E-state index contributed by atoms with van der Waals surface area (Å²) in [5, 5.41) is 4.17. The predicted octanol–water partition coefficient (Wildman–Crippen LogP) is 4.37. The third-order valence-electron chi connectivity index (χ3n) is 4.70. The molecule has 0 amide bonds. The van der Waals surface area contributed by atoms with Gasteiger partial charge in [-0.3, -0.25) is 9.78 Å². The molecule has 0 aliphatic heterocycles. The summed E-state index contributed by atoms with van der Waals surface area (Å²) in [5.41, 5.74) is 7.61. The molecule has 1 heterocycles. The fraction of sp³-hybridized carbons (Fsp3) is 0.292. The summed E-state index contributed by atoms with van der Waals surface area (Å²) in [6.45, 7) is 9.00. The molecule has 0 aliphatic rings. The maximum atomic E-state index is 11.6. The standard InChI is InChI=1S/C24H28N4O3/c1-5-20-13-23(29)27-24(26-20)28-25-14-18-9-10-21(22(12-18)30-6-2)31-15-19-11-16(3)7-8-17(19)4/h7-14H,5-6,15H2,1-4H3,(H2,26,27,28,29)/b25-14-. The third-order valence-corrected chi connectivity index (χ3v) is 4.70. The second kappa shape index (κ2) is 10.4. The summed E-state index contributed by atoms with van der Waals surface area (Å²) in [7, 11) is 0. The van der Waals surface area contributed by atoms with Crippen LogP contribution in [0.1, 0.15) is 41.8 Å². The number of hydrogen-bond donors (Lipinski definition) is 2. The molecule has 1 aromatic heterocycles. The second-order valence-electron chi connectivity index (χ2n) is 7.17. The number of benzene rings is 2. The van der Waals surface area contributed by atoms with Crippen molar-refractivity contribution < 1.29 is 9.47 Å². The molecular formula is C24H28N4O3. The van der Waals surface area contributed by atoms with Gasteiger partial charge in [-0.15, -0.1) is 0 Å². The average molecular weight is 421 g/mol. The zero-order chi connectivity index (χ0) is 22.2. The summed E-state index contributed by atoms with van der Waals surface area (Å²) >= 11 is 0. The summed E-state index contributed by atoms with van der Waals surface area (Å²) in [4.78, 5) is 18.5. The summed E-state index contributed by atoms with van der Waals surface area (Å²) in [6.07, 6.45) is 2.30. The molecular weight excluding hydrogens is 392 g/mol. The fourth-order valence-corrected chi connectivity index (χ4v) is 3.01. The van der Waals surface area contributed by atoms with Gasteiger partial charge in [0.05, 0.1) is 12.8 Å². The van der Waals surface area contributed by atoms with Crippen LogP contribution < -0.4 is 20.5 Å². The molecule has 2 aromatic carbocycles. The number of H-pyrrole nitrogens is 1. The Labute approximate surface area is 182 Å². The van der Waals surface area contributed by atoms with Crippen LogP contribution in [0, 0.1) is 13.8 Å². The molecule has 31 heavy (non-hydrogen) atoms. The van der Waals surface area contributed by atoms with Crippen molar-refractivity contribution in [2.75, 3.05) is 12.0 Å². The van der Waals surface area contributed by atoms with E-state index in [9.17, 15) is 4.79 Å². The van der Waals surface area contributed by atoms with Crippen LogP contribution in [0.5, 0.6) is 11.5 Å². The van der Waals surface area contributed by atoms with Crippen molar-refractivity contribution in [2.24, 2.45) is 5.10 Å². The number of hydrogen-bond acceptors (Lipinski definition) is 6. The molecule has 0 unspecified atom stereocenters. The van der Waals surface area contributed by atoms with Crippen LogP contribution in [0.15, 0.2) is 52.4 Å². The Morgan fingerprint density at radius 2 is 1.90 bits per heavy atom. The van der Waals surface area contributed by atoms with E-state index in [1.165, 1.54) is 17.2 Å². The number of aromatic nitrogens is 2. The molecule has 0 saturated heterocycles. The van der Waals surface area contributed by atoms with Gasteiger partial charge in [0.2, 0.25) is 5.95 Å². The van der Waals surface area contributed by atoms with Crippen molar-refractivity contribution in [1.82, 2.24) is 9.97 Å². The van der Waals surface area contributed by atoms with E-state index in [-0.39, 0.29) is 5.56 Å². The number of nitrogens with zero attached hydrogens (tertiary/aromatic N) is 2. The molecule has 7 heteroatoms. The van der Waals surface area contributed by atoms with Crippen molar-refractivity contribution in [2.45, 2.75) is 40.7 Å². The van der Waals surface area contributed by atoms with Crippen LogP contribution in [0.3, 0.4) is 0 Å². The van der Waals surface area contributed by atoms with Gasteiger partial charge >= 0.3 is 0 Å². The number of aryl methyl sites for hydroxylation is 3. The molecule has 0 radical (unpaired) electrons. The van der Waals surface area contributed by atoms with E-state index in [1.54, 1.807) is 6.21 Å². The SMILES string of the molecule is CCOc1cc(/C=N\Nc2nc(CC)cc(=O)[nH]2)ccc1OCc1cc(C)ccc1C. The van der Waals surface area contributed by atoms with Crippen LogP contribution in [-0.4, -0.2) is 22.8 Å². The van der Waals surface area contributed by atoms with Crippen molar-refractivity contribution in [3.05, 3.63) is 80.8 Å². The smallest absolute Gasteiger partial charge is 0.252 e. The number of hydrazone groups is 1. The Hall–Kier alpha value is -3.61. The minimum atomic E-state index is -0.214. The van der Waals surface area contributed by atoms with Gasteiger partial charge in [-0.25, -0.2) is 10.4 Å². The topological polar surface area (TPSA) is 88.6 Å². The van der Waals surface area contributed by atoms with Gasteiger partial charge < -0.3 is 9.47 Å². The first-order valence-corrected chi connectivity index (χ1v) is 10.3. The number of nitrogens with one attached hydrogen (secondary N) is 2. The molecule has 0 aliphatic carbocycles. The van der Waals surface area contributed by atoms with E-state index in [1.807, 2.05) is 32.0 Å². The lowest BCUT2D eigenvalue weighted by atomic mass is 10.1. The normalized spacial score (nSPS) is 11.0. The van der Waals surface area contributed by atoms with Gasteiger partial charge in [-0.1, -0.05) is 30.7 Å². The molecule has 0 atom stereocenters. The number of aromatic amines is 1. The van der Waals surface area contributed by atoms with E-state index in [0.29, 0.717) is 42.8 Å². The van der Waals surface area contributed by atoms with Crippen LogP contribution in [0.25, 0.3) is 0 Å². The third kappa shape index (κ3) is 6.18. The first-order valence-electron chi connectivity index (χ1n) is 10.3. The molecule has 2 N–H and O–H groups in total. The van der Waals surface area contributed by atoms with Gasteiger partial charge in [-0.05, 0) is 62.1 Å². The van der Waals surface area contributed by atoms with E-state index >= 15 is 0 Å². The zero-order valence-electron chi connectivity index (χ0n) is 18.4. The van der Waals surface area contributed by atoms with Crippen LogP contribution in [0.4, 0.5) is 5.95 Å². The zero-order valence-corrected chi connectivity index (χ0v) is 18.4. The number of rotatable bonds is 9. The maximum Gasteiger partial charge on any atom is 0.252 e. The molecule has 0 bridgehead atoms. The Morgan fingerprint density at radius 1 is 1.06 bits per heavy atom. The highest BCUT2D eigenvalue weighted by molar-refractivity contribution is 5.81. The molecule has 0 fully saturated rings.